The van der Waals surface area contributed by atoms with Crippen molar-refractivity contribution in [3.8, 4) is 0 Å². The molecule has 0 bridgehead atoms. The van der Waals surface area contributed by atoms with Crippen LogP contribution in [0, 0.1) is 0 Å². The summed E-state index contributed by atoms with van der Waals surface area (Å²) in [6.45, 7) is 0. The predicted octanol–water partition coefficient (Wildman–Crippen LogP) is -5.24. The summed E-state index contributed by atoms with van der Waals surface area (Å²) in [6, 6.07) is 0. The van der Waals surface area contributed by atoms with Gasteiger partial charge in [0.15, 0.2) is 0 Å². The number of amidine groups is 2. The molecule has 0 aromatic carbocycles. The van der Waals surface area contributed by atoms with Crippen molar-refractivity contribution in [2.75, 3.05) is 56.4 Å². The second kappa shape index (κ2) is 11.1. The van der Waals surface area contributed by atoms with Crippen LogP contribution < -0.4 is 24.8 Å². The number of hydrogen-bond acceptors (Lipinski definition) is 2. The molecule has 0 aromatic rings. The van der Waals surface area contributed by atoms with E-state index in [1.165, 1.54) is 10.3 Å². The van der Waals surface area contributed by atoms with E-state index in [-0.39, 0.29) is 24.8 Å². The highest BCUT2D eigenvalue weighted by Gasteiger charge is 2.20. The molecule has 0 aliphatic rings. The van der Waals surface area contributed by atoms with Crippen molar-refractivity contribution in [3.63, 3.8) is 0 Å². The van der Waals surface area contributed by atoms with Gasteiger partial charge in [0.25, 0.3) is 0 Å². The fraction of sp³-hybridized carbons (Fsp3) is 0.800. The maximum Gasteiger partial charge on any atom is 0.318 e. The van der Waals surface area contributed by atoms with Gasteiger partial charge >= 0.3 is 10.3 Å². The number of hydrogen-bond donors (Lipinski definition) is 0. The SMILES string of the molecule is CN(C)C(SSC(N(C)C)=[N+](C)C)=[N+](C)C.[Cl-].[Cl-]. The van der Waals surface area contributed by atoms with Crippen LogP contribution >= 0.6 is 21.6 Å². The molecule has 0 unspecified atom stereocenters. The highest BCUT2D eigenvalue weighted by atomic mass is 35.5. The number of halogens is 2. The van der Waals surface area contributed by atoms with Crippen LogP contribution in [0.15, 0.2) is 0 Å². The van der Waals surface area contributed by atoms with Gasteiger partial charge in [-0.15, -0.1) is 0 Å². The summed E-state index contributed by atoms with van der Waals surface area (Å²) in [7, 11) is 20.0. The molecule has 0 atom stereocenters. The van der Waals surface area contributed by atoms with Crippen molar-refractivity contribution in [1.82, 2.24) is 9.80 Å². The third kappa shape index (κ3) is 8.34. The predicted molar refractivity (Wildman–Crippen MR) is 76.8 cm³/mol. The fourth-order valence-electron chi connectivity index (χ4n) is 1.17. The maximum absolute atomic E-state index is 2.13. The Bertz CT molecular complexity index is 266. The molecule has 0 aromatic heterocycles. The molecule has 0 amide bonds. The zero-order valence-electron chi connectivity index (χ0n) is 12.4. The minimum Gasteiger partial charge on any atom is -1.00 e. The Balaban J connectivity index is -0.00000112. The van der Waals surface area contributed by atoms with Gasteiger partial charge in [-0.3, -0.25) is 19.0 Å². The molecule has 0 saturated heterocycles. The van der Waals surface area contributed by atoms with E-state index >= 15 is 0 Å². The molecule has 0 N–H and O–H groups in total. The second-order valence-electron chi connectivity index (χ2n) is 4.31. The highest BCUT2D eigenvalue weighted by Crippen LogP contribution is 2.25. The lowest BCUT2D eigenvalue weighted by Gasteiger charge is -2.12. The Hall–Kier alpha value is 0.220. The summed E-state index contributed by atoms with van der Waals surface area (Å²) in [5, 5.41) is 2.46. The van der Waals surface area contributed by atoms with E-state index in [0.29, 0.717) is 0 Å². The first-order valence-corrected chi connectivity index (χ1v) is 7.20. The van der Waals surface area contributed by atoms with Crippen LogP contribution in [-0.2, 0) is 0 Å². The molecule has 0 aliphatic carbocycles. The summed E-state index contributed by atoms with van der Waals surface area (Å²) >= 11 is 0. The lowest BCUT2D eigenvalue weighted by molar-refractivity contribution is -0.466. The first-order chi connectivity index (χ1) is 7.27. The van der Waals surface area contributed by atoms with Crippen molar-refractivity contribution in [3.05, 3.63) is 0 Å². The van der Waals surface area contributed by atoms with Crippen LogP contribution in [0.2, 0.25) is 0 Å². The highest BCUT2D eigenvalue weighted by molar-refractivity contribution is 8.87. The number of rotatable bonds is 0. The van der Waals surface area contributed by atoms with Crippen LogP contribution in [0.1, 0.15) is 0 Å². The van der Waals surface area contributed by atoms with Crippen LogP contribution in [0.4, 0.5) is 0 Å². The van der Waals surface area contributed by atoms with Gasteiger partial charge < -0.3 is 24.8 Å². The standard InChI is InChI=1S/C10H24N4S2.2ClH/c1-11(2)9(12(3)4)15-16-10(13(5)6)14(7)8;;/h1-8H3;2*1H/q+2;;/p-2. The molecule has 0 aliphatic heterocycles. The Morgan fingerprint density at radius 1 is 0.667 bits per heavy atom. The monoisotopic (exact) mass is 334 g/mol. The minimum atomic E-state index is 0. The van der Waals surface area contributed by atoms with Crippen molar-refractivity contribution in [2.24, 2.45) is 0 Å². The van der Waals surface area contributed by atoms with Gasteiger partial charge in [0.2, 0.25) is 0 Å². The van der Waals surface area contributed by atoms with E-state index in [1.807, 2.05) is 0 Å². The number of nitrogens with zero attached hydrogens (tertiary/aromatic N) is 4. The third-order valence-corrected chi connectivity index (χ3v) is 4.71. The molecule has 0 heterocycles. The van der Waals surface area contributed by atoms with Crippen molar-refractivity contribution >= 4 is 31.9 Å². The van der Waals surface area contributed by atoms with Gasteiger partial charge in [-0.25, -0.2) is 0 Å². The average molecular weight is 335 g/mol. The Morgan fingerprint density at radius 2 is 0.889 bits per heavy atom. The summed E-state index contributed by atoms with van der Waals surface area (Å²) in [5.41, 5.74) is 0. The summed E-state index contributed by atoms with van der Waals surface area (Å²) < 4.78 is 4.25. The lowest BCUT2D eigenvalue weighted by Crippen LogP contribution is -3.00. The minimum absolute atomic E-state index is 0. The molecular weight excluding hydrogens is 311 g/mol. The lowest BCUT2D eigenvalue weighted by atomic mass is 10.9. The first-order valence-electron chi connectivity index (χ1n) is 5.05. The van der Waals surface area contributed by atoms with E-state index in [0.717, 1.165) is 0 Å². The van der Waals surface area contributed by atoms with E-state index in [1.54, 1.807) is 21.6 Å². The fourth-order valence-corrected chi connectivity index (χ4v) is 4.15. The summed E-state index contributed by atoms with van der Waals surface area (Å²) in [4.78, 5) is 4.25. The largest absolute Gasteiger partial charge is 1.00 e. The normalized spacial score (nSPS) is 8.67. The van der Waals surface area contributed by atoms with E-state index in [4.69, 9.17) is 0 Å². The van der Waals surface area contributed by atoms with Gasteiger partial charge in [-0.1, -0.05) is 0 Å². The topological polar surface area (TPSA) is 12.5 Å². The van der Waals surface area contributed by atoms with Gasteiger partial charge in [-0.2, -0.15) is 0 Å². The van der Waals surface area contributed by atoms with E-state index in [2.05, 4.69) is 75.3 Å². The zero-order valence-corrected chi connectivity index (χ0v) is 15.5. The summed E-state index contributed by atoms with van der Waals surface area (Å²) in [6.07, 6.45) is 0. The smallest absolute Gasteiger partial charge is 0.318 e. The van der Waals surface area contributed by atoms with Gasteiger partial charge in [0, 0.05) is 21.6 Å². The molecule has 0 radical (unpaired) electrons. The van der Waals surface area contributed by atoms with Gasteiger partial charge in [0.05, 0.1) is 56.4 Å². The van der Waals surface area contributed by atoms with Crippen LogP contribution in [0.5, 0.6) is 0 Å². The summed E-state index contributed by atoms with van der Waals surface area (Å²) in [5.74, 6) is 0. The Labute approximate surface area is 132 Å². The maximum atomic E-state index is 2.13. The quantitative estimate of drug-likeness (QED) is 0.190. The van der Waals surface area contributed by atoms with E-state index < -0.39 is 0 Å². The van der Waals surface area contributed by atoms with Crippen LogP contribution in [0.3, 0.4) is 0 Å². The second-order valence-corrected chi connectivity index (χ2v) is 6.37. The van der Waals surface area contributed by atoms with E-state index in [9.17, 15) is 0 Å². The molecular formula is C10H24Cl2N4S2. The third-order valence-electron chi connectivity index (χ3n) is 1.72. The van der Waals surface area contributed by atoms with Gasteiger partial charge in [0.1, 0.15) is 0 Å². The molecule has 4 nitrogen and oxygen atoms in total. The van der Waals surface area contributed by atoms with Crippen LogP contribution in [0.25, 0.3) is 0 Å². The zero-order chi connectivity index (χ0) is 12.9. The van der Waals surface area contributed by atoms with Gasteiger partial charge in [-0.05, 0) is 0 Å². The average Bonchev–Trinajstić information content (AvgIpc) is 2.09. The van der Waals surface area contributed by atoms with Crippen molar-refractivity contribution < 1.29 is 34.0 Å². The first kappa shape index (κ1) is 23.3. The molecule has 110 valence electrons. The van der Waals surface area contributed by atoms with Crippen molar-refractivity contribution in [2.45, 2.75) is 0 Å². The van der Waals surface area contributed by atoms with Crippen LogP contribution in [-0.4, -0.2) is 85.7 Å². The van der Waals surface area contributed by atoms with Crippen molar-refractivity contribution in [1.29, 1.82) is 0 Å². The molecule has 0 rings (SSSR count). The molecule has 0 saturated carbocycles. The Morgan fingerprint density at radius 3 is 1.00 bits per heavy atom. The molecule has 18 heavy (non-hydrogen) atoms. The molecule has 0 fully saturated rings. The Kier molecular flexibility index (Phi) is 14.4. The molecule has 0 spiro atoms. The molecule has 8 heteroatoms.